The fourth-order valence-electron chi connectivity index (χ4n) is 1.72. The van der Waals surface area contributed by atoms with E-state index in [4.69, 9.17) is 0 Å². The van der Waals surface area contributed by atoms with E-state index in [0.717, 1.165) is 12.6 Å². The topological polar surface area (TPSA) is 101 Å². The van der Waals surface area contributed by atoms with Gasteiger partial charge in [0.05, 0.1) is 9.82 Å². The molecule has 7 nitrogen and oxygen atoms in total. The zero-order valence-electron chi connectivity index (χ0n) is 12.0. The van der Waals surface area contributed by atoms with Crippen LogP contribution in [0.5, 0.6) is 0 Å². The number of nitro groups is 1. The first-order chi connectivity index (χ1) is 9.69. The maximum atomic E-state index is 12.2. The molecule has 21 heavy (non-hydrogen) atoms. The van der Waals surface area contributed by atoms with Gasteiger partial charge in [-0.3, -0.25) is 10.1 Å². The molecule has 118 valence electrons. The van der Waals surface area contributed by atoms with Gasteiger partial charge >= 0.3 is 0 Å². The molecular formula is C12H18BrN3O4S. The second kappa shape index (κ2) is 7.30. The monoisotopic (exact) mass is 379 g/mol. The molecule has 0 bridgehead atoms. The summed E-state index contributed by atoms with van der Waals surface area (Å²) in [6.07, 6.45) is 0. The summed E-state index contributed by atoms with van der Waals surface area (Å²) in [7, 11) is -3.79. The van der Waals surface area contributed by atoms with Crippen LogP contribution in [0.3, 0.4) is 0 Å². The maximum Gasteiger partial charge on any atom is 0.274 e. The van der Waals surface area contributed by atoms with Gasteiger partial charge in [-0.05, 0) is 26.5 Å². The van der Waals surface area contributed by atoms with E-state index >= 15 is 0 Å². The van der Waals surface area contributed by atoms with Gasteiger partial charge in [0, 0.05) is 28.7 Å². The predicted molar refractivity (Wildman–Crippen MR) is 83.9 cm³/mol. The molecule has 0 spiro atoms. The van der Waals surface area contributed by atoms with E-state index in [9.17, 15) is 18.5 Å². The lowest BCUT2D eigenvalue weighted by Crippen LogP contribution is -2.38. The largest absolute Gasteiger partial charge is 0.313 e. The minimum absolute atomic E-state index is 0.0337. The van der Waals surface area contributed by atoms with Gasteiger partial charge in [0.25, 0.3) is 5.69 Å². The Hall–Kier alpha value is -1.03. The minimum Gasteiger partial charge on any atom is -0.313 e. The van der Waals surface area contributed by atoms with Crippen LogP contribution in [0.15, 0.2) is 21.5 Å². The number of benzene rings is 1. The molecule has 0 aliphatic carbocycles. The minimum atomic E-state index is -3.79. The zero-order valence-corrected chi connectivity index (χ0v) is 14.4. The highest BCUT2D eigenvalue weighted by atomic mass is 79.9. The van der Waals surface area contributed by atoms with Crippen LogP contribution >= 0.6 is 15.9 Å². The number of hydrogen-bond donors (Lipinski definition) is 2. The van der Waals surface area contributed by atoms with Gasteiger partial charge in [0.2, 0.25) is 10.0 Å². The third-order valence-corrected chi connectivity index (χ3v) is 5.16. The molecule has 1 rings (SSSR count). The number of sulfonamides is 1. The number of hydrogen-bond acceptors (Lipinski definition) is 5. The van der Waals surface area contributed by atoms with Crippen molar-refractivity contribution in [2.75, 3.05) is 13.1 Å². The van der Waals surface area contributed by atoms with Crippen LogP contribution in [0, 0.1) is 17.0 Å². The van der Waals surface area contributed by atoms with Crippen molar-refractivity contribution >= 4 is 31.6 Å². The molecule has 0 aromatic heterocycles. The average molecular weight is 380 g/mol. The summed E-state index contributed by atoms with van der Waals surface area (Å²) >= 11 is 3.15. The lowest BCUT2D eigenvalue weighted by molar-refractivity contribution is -0.385. The Morgan fingerprint density at radius 2 is 2.05 bits per heavy atom. The number of nitro benzene ring substituents is 1. The standard InChI is InChI=1S/C12H18BrN3O4S/c1-4-14-8(2)7-15-21(19,20)10-5-11(13)9(3)12(6-10)16(17)18/h5-6,8,14-15H,4,7H2,1-3H3/t8-/m1/s1. The second-order valence-electron chi connectivity index (χ2n) is 4.62. The Kier molecular flexibility index (Phi) is 6.26. The number of nitrogens with zero attached hydrogens (tertiary/aromatic N) is 1. The lowest BCUT2D eigenvalue weighted by atomic mass is 10.2. The van der Waals surface area contributed by atoms with Gasteiger partial charge in [0.1, 0.15) is 0 Å². The van der Waals surface area contributed by atoms with Crippen molar-refractivity contribution in [1.29, 1.82) is 0 Å². The van der Waals surface area contributed by atoms with E-state index in [0.29, 0.717) is 10.0 Å². The van der Waals surface area contributed by atoms with Crippen LogP contribution < -0.4 is 10.0 Å². The fourth-order valence-corrected chi connectivity index (χ4v) is 3.50. The van der Waals surface area contributed by atoms with Crippen molar-refractivity contribution in [3.63, 3.8) is 0 Å². The predicted octanol–water partition coefficient (Wildman–Crippen LogP) is 1.94. The SMILES string of the molecule is CCN[C@H](C)CNS(=O)(=O)c1cc(Br)c(C)c([N+](=O)[O-])c1. The van der Waals surface area contributed by atoms with E-state index in [2.05, 4.69) is 26.0 Å². The molecule has 0 amide bonds. The van der Waals surface area contributed by atoms with Crippen LogP contribution in [0.2, 0.25) is 0 Å². The molecule has 1 aromatic carbocycles. The lowest BCUT2D eigenvalue weighted by Gasteiger charge is -2.14. The van der Waals surface area contributed by atoms with Crippen LogP contribution in [-0.2, 0) is 10.0 Å². The number of rotatable bonds is 7. The quantitative estimate of drug-likeness (QED) is 0.556. The number of likely N-dealkylation sites (N-methyl/N-ethyl adjacent to an activating group) is 1. The Labute approximate surface area is 132 Å². The molecule has 0 saturated heterocycles. The molecular weight excluding hydrogens is 362 g/mol. The molecule has 2 N–H and O–H groups in total. The molecule has 0 saturated carbocycles. The van der Waals surface area contributed by atoms with Crippen molar-refractivity contribution < 1.29 is 13.3 Å². The first-order valence-electron chi connectivity index (χ1n) is 6.36. The zero-order chi connectivity index (χ0) is 16.2. The van der Waals surface area contributed by atoms with Gasteiger partial charge in [-0.1, -0.05) is 22.9 Å². The smallest absolute Gasteiger partial charge is 0.274 e. The van der Waals surface area contributed by atoms with E-state index in [1.54, 1.807) is 6.92 Å². The van der Waals surface area contributed by atoms with Crippen LogP contribution in [0.4, 0.5) is 5.69 Å². The molecule has 0 heterocycles. The molecule has 0 aliphatic rings. The van der Waals surface area contributed by atoms with Crippen molar-refractivity contribution in [3.8, 4) is 0 Å². The van der Waals surface area contributed by atoms with Crippen molar-refractivity contribution in [1.82, 2.24) is 10.0 Å². The van der Waals surface area contributed by atoms with Gasteiger partial charge in [-0.15, -0.1) is 0 Å². The normalized spacial score (nSPS) is 13.1. The molecule has 1 atom stereocenters. The van der Waals surface area contributed by atoms with E-state index < -0.39 is 14.9 Å². The summed E-state index contributed by atoms with van der Waals surface area (Å²) in [5.41, 5.74) is 0.157. The third-order valence-electron chi connectivity index (χ3n) is 2.93. The average Bonchev–Trinajstić information content (AvgIpc) is 2.39. The van der Waals surface area contributed by atoms with Gasteiger partial charge in [-0.2, -0.15) is 0 Å². The first-order valence-corrected chi connectivity index (χ1v) is 8.64. The fraction of sp³-hybridized carbons (Fsp3) is 0.500. The van der Waals surface area contributed by atoms with E-state index in [1.165, 1.54) is 6.07 Å². The summed E-state index contributed by atoms with van der Waals surface area (Å²) in [6.45, 7) is 6.25. The second-order valence-corrected chi connectivity index (χ2v) is 7.24. The molecule has 0 radical (unpaired) electrons. The van der Waals surface area contributed by atoms with Crippen LogP contribution in [0.25, 0.3) is 0 Å². The number of nitrogens with one attached hydrogen (secondary N) is 2. The van der Waals surface area contributed by atoms with Gasteiger partial charge in [-0.25, -0.2) is 13.1 Å². The first kappa shape index (κ1) is 18.0. The van der Waals surface area contributed by atoms with E-state index in [-0.39, 0.29) is 23.2 Å². The summed E-state index contributed by atoms with van der Waals surface area (Å²) < 4.78 is 27.2. The molecule has 0 aliphatic heterocycles. The Morgan fingerprint density at radius 3 is 2.57 bits per heavy atom. The Bertz CT molecular complexity index is 634. The highest BCUT2D eigenvalue weighted by Gasteiger charge is 2.22. The molecule has 0 fully saturated rings. The molecule has 0 unspecified atom stereocenters. The Morgan fingerprint density at radius 1 is 1.43 bits per heavy atom. The third kappa shape index (κ3) is 4.73. The molecule has 9 heteroatoms. The van der Waals surface area contributed by atoms with Crippen LogP contribution in [-0.4, -0.2) is 32.5 Å². The summed E-state index contributed by atoms with van der Waals surface area (Å²) in [6, 6.07) is 2.40. The van der Waals surface area contributed by atoms with Crippen molar-refractivity contribution in [2.45, 2.75) is 31.7 Å². The van der Waals surface area contributed by atoms with E-state index in [1.807, 2.05) is 13.8 Å². The van der Waals surface area contributed by atoms with Gasteiger partial charge in [0.15, 0.2) is 0 Å². The summed E-state index contributed by atoms with van der Waals surface area (Å²) in [4.78, 5) is 10.2. The van der Waals surface area contributed by atoms with Crippen molar-refractivity contribution in [3.05, 3.63) is 32.3 Å². The Balaban J connectivity index is 3.06. The number of halogens is 1. The highest BCUT2D eigenvalue weighted by molar-refractivity contribution is 9.10. The van der Waals surface area contributed by atoms with Crippen LogP contribution in [0.1, 0.15) is 19.4 Å². The van der Waals surface area contributed by atoms with Crippen molar-refractivity contribution in [2.24, 2.45) is 0 Å². The highest BCUT2D eigenvalue weighted by Crippen LogP contribution is 2.29. The summed E-state index contributed by atoms with van der Waals surface area (Å²) in [5.74, 6) is 0. The maximum absolute atomic E-state index is 12.2. The van der Waals surface area contributed by atoms with Gasteiger partial charge < -0.3 is 5.32 Å². The molecule has 1 aromatic rings. The summed E-state index contributed by atoms with van der Waals surface area (Å²) in [5, 5.41) is 14.0.